The van der Waals surface area contributed by atoms with Crippen LogP contribution in [0.5, 0.6) is 0 Å². The molecule has 0 aromatic heterocycles. The number of hydrogen-bond donors (Lipinski definition) is 6. The number of rotatable bonds is 13. The van der Waals surface area contributed by atoms with E-state index in [9.17, 15) is 15.1 Å². The highest BCUT2D eigenvalue weighted by molar-refractivity contribution is 5.96. The maximum absolute atomic E-state index is 12.2. The van der Waals surface area contributed by atoms with Crippen LogP contribution in [0.25, 0.3) is 0 Å². The minimum atomic E-state index is -1.12. The molecule has 1 aliphatic rings. The van der Waals surface area contributed by atoms with E-state index in [1.807, 2.05) is 27.7 Å². The van der Waals surface area contributed by atoms with E-state index >= 15 is 0 Å². The fourth-order valence-electron chi connectivity index (χ4n) is 2.70. The van der Waals surface area contributed by atoms with Crippen molar-refractivity contribution in [2.75, 3.05) is 7.11 Å². The molecule has 0 aromatic rings. The summed E-state index contributed by atoms with van der Waals surface area (Å²) < 4.78 is 0. The van der Waals surface area contributed by atoms with Crippen LogP contribution in [0, 0.1) is 5.41 Å². The molecular formula is C31H59N3O6. The molecule has 1 aliphatic carbocycles. The molecule has 0 aliphatic heterocycles. The van der Waals surface area contributed by atoms with Gasteiger partial charge in [0.25, 0.3) is 5.91 Å². The molecule has 1 amide bonds. The third kappa shape index (κ3) is 22.7. The highest BCUT2D eigenvalue weighted by atomic mass is 16.9. The molecule has 3 atom stereocenters. The maximum atomic E-state index is 12.2. The fraction of sp³-hybridized carbons (Fsp3) is 0.677. The van der Waals surface area contributed by atoms with Crippen molar-refractivity contribution < 1.29 is 30.2 Å². The van der Waals surface area contributed by atoms with Crippen LogP contribution in [-0.2, 0) is 9.63 Å². The first kappa shape index (κ1) is 42.3. The van der Waals surface area contributed by atoms with Gasteiger partial charge in [-0.1, -0.05) is 95.7 Å². The third-order valence-electron chi connectivity index (χ3n) is 6.16. The molecule has 40 heavy (non-hydrogen) atoms. The number of aliphatic hydroxyl groups excluding tert-OH is 2. The van der Waals surface area contributed by atoms with Crippen LogP contribution in [0.3, 0.4) is 0 Å². The molecule has 0 radical (unpaired) electrons. The van der Waals surface area contributed by atoms with E-state index in [2.05, 4.69) is 48.3 Å². The van der Waals surface area contributed by atoms with Gasteiger partial charge in [-0.25, -0.2) is 0 Å². The molecule has 9 heteroatoms. The smallest absolute Gasteiger partial charge is 0.251 e. The van der Waals surface area contributed by atoms with Crippen LogP contribution >= 0.6 is 0 Å². The van der Waals surface area contributed by atoms with Gasteiger partial charge in [-0.2, -0.15) is 0 Å². The minimum Gasteiger partial charge on any atom is -0.391 e. The van der Waals surface area contributed by atoms with Crippen molar-refractivity contribution in [3.05, 3.63) is 48.1 Å². The van der Waals surface area contributed by atoms with E-state index in [-0.39, 0.29) is 11.9 Å². The highest BCUT2D eigenvalue weighted by Crippen LogP contribution is 2.19. The summed E-state index contributed by atoms with van der Waals surface area (Å²) >= 11 is 0. The quantitative estimate of drug-likeness (QED) is 0.0690. The van der Waals surface area contributed by atoms with Gasteiger partial charge >= 0.3 is 0 Å². The van der Waals surface area contributed by atoms with E-state index < -0.39 is 17.9 Å². The second-order valence-electron chi connectivity index (χ2n) is 9.46. The Morgan fingerprint density at radius 1 is 1.15 bits per heavy atom. The van der Waals surface area contributed by atoms with Gasteiger partial charge in [0, 0.05) is 11.3 Å². The third-order valence-corrected chi connectivity index (χ3v) is 6.16. The van der Waals surface area contributed by atoms with Gasteiger partial charge in [0.15, 0.2) is 6.29 Å². The van der Waals surface area contributed by atoms with Gasteiger partial charge in [-0.3, -0.25) is 14.8 Å². The van der Waals surface area contributed by atoms with Crippen molar-refractivity contribution in [2.24, 2.45) is 0 Å². The van der Waals surface area contributed by atoms with Gasteiger partial charge < -0.3 is 26.0 Å². The Morgan fingerprint density at radius 3 is 2.02 bits per heavy atom. The maximum Gasteiger partial charge on any atom is 0.251 e. The Kier molecular flexibility index (Phi) is 28.6. The molecule has 1 rings (SSSR count). The molecule has 0 heterocycles. The SMILES string of the molecule is CC/C=C\C=C/CCC.CCC(=N)CC.CCC(C)(NC(=O)C1=CCC(N(O)OC)C=C1)[C@@H](C)O.CCC(O)O. The zero-order chi connectivity index (χ0) is 31.6. The number of carbonyl (C=O) groups excluding carboxylic acids is 1. The van der Waals surface area contributed by atoms with E-state index in [4.69, 9.17) is 15.6 Å². The van der Waals surface area contributed by atoms with Crippen LogP contribution in [0.4, 0.5) is 0 Å². The molecule has 9 nitrogen and oxygen atoms in total. The van der Waals surface area contributed by atoms with Gasteiger partial charge in [0.2, 0.25) is 0 Å². The topological polar surface area (TPSA) is 146 Å². The molecule has 0 saturated carbocycles. The second kappa shape index (κ2) is 27.1. The molecule has 234 valence electrons. The number of hydrogen-bond acceptors (Lipinski definition) is 8. The van der Waals surface area contributed by atoms with Crippen LogP contribution in [-0.4, -0.2) is 68.5 Å². The van der Waals surface area contributed by atoms with Crippen molar-refractivity contribution in [1.82, 2.24) is 10.5 Å². The number of hydroxylamine groups is 2. The second-order valence-corrected chi connectivity index (χ2v) is 9.46. The van der Waals surface area contributed by atoms with Gasteiger partial charge in [-0.15, -0.1) is 0 Å². The first-order chi connectivity index (χ1) is 18.8. The summed E-state index contributed by atoms with van der Waals surface area (Å²) in [5, 5.41) is 45.6. The van der Waals surface area contributed by atoms with Crippen molar-refractivity contribution in [1.29, 1.82) is 5.41 Å². The summed E-state index contributed by atoms with van der Waals surface area (Å²) in [6, 6.07) is -0.300. The molecule has 2 unspecified atom stereocenters. The molecule has 0 spiro atoms. The number of nitrogens with one attached hydrogen (secondary N) is 2. The van der Waals surface area contributed by atoms with Gasteiger partial charge in [0.05, 0.1) is 24.8 Å². The summed E-state index contributed by atoms with van der Waals surface area (Å²) in [7, 11) is 1.37. The Bertz CT molecular complexity index is 756. The Hall–Kier alpha value is -2.14. The lowest BCUT2D eigenvalue weighted by Gasteiger charge is -2.33. The predicted molar refractivity (Wildman–Crippen MR) is 165 cm³/mol. The van der Waals surface area contributed by atoms with Crippen LogP contribution in [0.2, 0.25) is 0 Å². The van der Waals surface area contributed by atoms with Gasteiger partial charge in [0.1, 0.15) is 0 Å². The normalized spacial score (nSPS) is 16.7. The number of nitrogens with zero attached hydrogens (tertiary/aromatic N) is 1. The Balaban J connectivity index is -0.000000562. The fourth-order valence-corrected chi connectivity index (χ4v) is 2.70. The number of unbranched alkanes of at least 4 members (excludes halogenated alkanes) is 1. The predicted octanol–water partition coefficient (Wildman–Crippen LogP) is 6.00. The zero-order valence-corrected chi connectivity index (χ0v) is 26.5. The summed E-state index contributed by atoms with van der Waals surface area (Å²) in [5.41, 5.74) is 0.708. The zero-order valence-electron chi connectivity index (χ0n) is 26.5. The van der Waals surface area contributed by atoms with Crippen LogP contribution < -0.4 is 5.32 Å². The molecule has 0 saturated heterocycles. The van der Waals surface area contributed by atoms with E-state index in [0.29, 0.717) is 24.8 Å². The summed E-state index contributed by atoms with van der Waals surface area (Å²) in [4.78, 5) is 16.9. The number of aliphatic hydroxyl groups is 3. The van der Waals surface area contributed by atoms with Crippen molar-refractivity contribution in [3.63, 3.8) is 0 Å². The standard InChI is InChI=1S/C14H24N2O4.C9H16.C5H11N.C3H8O2/c1-5-14(3,10(2)17)15-13(18)11-6-8-12(9-7-11)16(19)20-4;1-3-5-7-9-8-6-4-2;1-3-5(6)4-2;1-2-3(4)5/h6-8,10,12,17,19H,5,9H2,1-4H3,(H,15,18);5,7-9H,3-4,6H2,1-2H3;6H,3-4H2,1-2H3;3-5H,2H2,1H3/b;7-5-,9-8-;;/t10-,12?,14?;;;/m1.../s1. The van der Waals surface area contributed by atoms with Gasteiger partial charge in [-0.05, 0) is 58.8 Å². The number of allylic oxidation sites excluding steroid dienone is 4. The van der Waals surface area contributed by atoms with Crippen molar-refractivity contribution in [3.8, 4) is 0 Å². The minimum absolute atomic E-state index is 0.230. The van der Waals surface area contributed by atoms with Crippen molar-refractivity contribution in [2.45, 2.75) is 131 Å². The largest absolute Gasteiger partial charge is 0.391 e. The first-order valence-electron chi connectivity index (χ1n) is 14.5. The average molecular weight is 570 g/mol. The monoisotopic (exact) mass is 569 g/mol. The molecular weight excluding hydrogens is 510 g/mol. The lowest BCUT2D eigenvalue weighted by atomic mass is 9.91. The van der Waals surface area contributed by atoms with E-state index in [1.165, 1.54) is 20.0 Å². The van der Waals surface area contributed by atoms with Crippen LogP contribution in [0.15, 0.2) is 48.1 Å². The number of amides is 1. The lowest BCUT2D eigenvalue weighted by Crippen LogP contribution is -2.53. The molecule has 6 N–H and O–H groups in total. The average Bonchev–Trinajstić information content (AvgIpc) is 2.96. The highest BCUT2D eigenvalue weighted by Gasteiger charge is 2.30. The molecule has 0 bridgehead atoms. The van der Waals surface area contributed by atoms with E-state index in [0.717, 1.165) is 30.2 Å². The summed E-state index contributed by atoms with van der Waals surface area (Å²) in [6.07, 6.45) is 18.8. The van der Waals surface area contributed by atoms with Crippen LogP contribution in [0.1, 0.15) is 107 Å². The van der Waals surface area contributed by atoms with Crippen molar-refractivity contribution >= 4 is 11.6 Å². The lowest BCUT2D eigenvalue weighted by molar-refractivity contribution is -0.340. The number of carbonyl (C=O) groups is 1. The van der Waals surface area contributed by atoms with E-state index in [1.54, 1.807) is 32.1 Å². The Labute approximate surface area is 243 Å². The first-order valence-corrected chi connectivity index (χ1v) is 14.5. The Morgan fingerprint density at radius 2 is 1.70 bits per heavy atom. The molecule has 0 fully saturated rings. The molecule has 0 aromatic carbocycles. The summed E-state index contributed by atoms with van der Waals surface area (Å²) in [5.74, 6) is -0.230. The summed E-state index contributed by atoms with van der Waals surface area (Å²) in [6.45, 7) is 15.4.